The number of pyridine rings is 1. The molecule has 7 nitrogen and oxygen atoms in total. The van der Waals surface area contributed by atoms with Gasteiger partial charge in [-0.25, -0.2) is 4.98 Å². The number of rotatable bonds is 7. The van der Waals surface area contributed by atoms with Gasteiger partial charge in [0.25, 0.3) is 0 Å². The molecule has 2 aromatic rings. The van der Waals surface area contributed by atoms with Crippen LogP contribution in [0.25, 0.3) is 0 Å². The van der Waals surface area contributed by atoms with E-state index in [0.29, 0.717) is 5.82 Å². The third-order valence-corrected chi connectivity index (χ3v) is 5.63. The maximum Gasteiger partial charge on any atom is 0.242 e. The van der Waals surface area contributed by atoms with Crippen molar-refractivity contribution >= 4 is 17.6 Å². The van der Waals surface area contributed by atoms with Crippen LogP contribution in [0.1, 0.15) is 62.4 Å². The van der Waals surface area contributed by atoms with Crippen LogP contribution in [0.5, 0.6) is 0 Å². The molecule has 0 aliphatic heterocycles. The minimum Gasteiger partial charge on any atom is -0.349 e. The van der Waals surface area contributed by atoms with Gasteiger partial charge < -0.3 is 10.6 Å². The maximum atomic E-state index is 12.8. The summed E-state index contributed by atoms with van der Waals surface area (Å²) in [4.78, 5) is 28.2. The van der Waals surface area contributed by atoms with Crippen LogP contribution in [0.2, 0.25) is 0 Å². The van der Waals surface area contributed by atoms with Crippen molar-refractivity contribution in [3.63, 3.8) is 0 Å². The Kier molecular flexibility index (Phi) is 6.67. The monoisotopic (exact) mass is 397 g/mol. The molecular formula is C22H31N5O2. The molecule has 0 bridgehead atoms. The van der Waals surface area contributed by atoms with Crippen molar-refractivity contribution in [2.24, 2.45) is 0 Å². The van der Waals surface area contributed by atoms with E-state index in [2.05, 4.69) is 20.7 Å². The quantitative estimate of drug-likeness (QED) is 0.750. The SMILES string of the molecule is CC(=O)Nc1ccc(CCC2(NC(=O)Cn3nc(C)cc3C)CCCCC2)cn1. The van der Waals surface area contributed by atoms with Crippen molar-refractivity contribution in [1.29, 1.82) is 0 Å². The number of carbonyl (C=O) groups is 2. The first-order valence-corrected chi connectivity index (χ1v) is 10.4. The summed E-state index contributed by atoms with van der Waals surface area (Å²) in [5.41, 5.74) is 2.87. The number of aromatic nitrogens is 3. The van der Waals surface area contributed by atoms with E-state index in [1.165, 1.54) is 13.3 Å². The number of nitrogens with one attached hydrogen (secondary N) is 2. The van der Waals surface area contributed by atoms with Gasteiger partial charge in [0.05, 0.1) is 5.69 Å². The molecule has 1 saturated carbocycles. The van der Waals surface area contributed by atoms with Crippen LogP contribution in [0, 0.1) is 13.8 Å². The minimum absolute atomic E-state index is 0.0252. The fourth-order valence-corrected chi connectivity index (χ4v) is 4.18. The van der Waals surface area contributed by atoms with Gasteiger partial charge in [-0.3, -0.25) is 14.3 Å². The van der Waals surface area contributed by atoms with Crippen molar-refractivity contribution < 1.29 is 9.59 Å². The second kappa shape index (κ2) is 9.20. The van der Waals surface area contributed by atoms with Crippen molar-refractivity contribution in [2.75, 3.05) is 5.32 Å². The molecule has 1 aliphatic carbocycles. The van der Waals surface area contributed by atoms with E-state index < -0.39 is 0 Å². The zero-order chi connectivity index (χ0) is 20.9. The molecule has 156 valence electrons. The van der Waals surface area contributed by atoms with E-state index in [1.54, 1.807) is 10.9 Å². The standard InChI is InChI=1S/C22H31N5O2/c1-16-13-17(2)27(26-16)15-21(29)25-22(10-5-4-6-11-22)12-9-19-7-8-20(23-14-19)24-18(3)28/h7-8,13-14H,4-6,9-12,15H2,1-3H3,(H,25,29)(H,23,24,28). The summed E-state index contributed by atoms with van der Waals surface area (Å²) in [6.07, 6.45) is 9.05. The molecule has 0 spiro atoms. The number of carbonyl (C=O) groups excluding carboxylic acids is 2. The molecular weight excluding hydrogens is 366 g/mol. The largest absolute Gasteiger partial charge is 0.349 e. The average molecular weight is 398 g/mol. The van der Waals surface area contributed by atoms with Crippen LogP contribution < -0.4 is 10.6 Å². The third kappa shape index (κ3) is 5.89. The fourth-order valence-electron chi connectivity index (χ4n) is 4.18. The van der Waals surface area contributed by atoms with Gasteiger partial charge in [-0.2, -0.15) is 5.10 Å². The molecule has 2 heterocycles. The number of amides is 2. The van der Waals surface area contributed by atoms with E-state index in [-0.39, 0.29) is 23.9 Å². The van der Waals surface area contributed by atoms with Gasteiger partial charge in [0.1, 0.15) is 12.4 Å². The molecule has 1 fully saturated rings. The van der Waals surface area contributed by atoms with Crippen molar-refractivity contribution in [1.82, 2.24) is 20.1 Å². The second-order valence-corrected chi connectivity index (χ2v) is 8.21. The van der Waals surface area contributed by atoms with E-state index >= 15 is 0 Å². The highest BCUT2D eigenvalue weighted by Gasteiger charge is 2.33. The molecule has 0 saturated heterocycles. The van der Waals surface area contributed by atoms with Crippen molar-refractivity contribution in [3.05, 3.63) is 41.3 Å². The summed E-state index contributed by atoms with van der Waals surface area (Å²) in [5, 5.41) is 10.4. The molecule has 2 N–H and O–H groups in total. The molecule has 29 heavy (non-hydrogen) atoms. The van der Waals surface area contributed by atoms with Gasteiger partial charge in [-0.05, 0) is 57.2 Å². The van der Waals surface area contributed by atoms with E-state index in [0.717, 1.165) is 55.5 Å². The second-order valence-electron chi connectivity index (χ2n) is 8.21. The van der Waals surface area contributed by atoms with Gasteiger partial charge in [0.15, 0.2) is 0 Å². The maximum absolute atomic E-state index is 12.8. The Labute approximate surface area is 172 Å². The topological polar surface area (TPSA) is 88.9 Å². The Morgan fingerprint density at radius 2 is 1.93 bits per heavy atom. The Balaban J connectivity index is 1.62. The van der Waals surface area contributed by atoms with E-state index in [9.17, 15) is 9.59 Å². The molecule has 3 rings (SSSR count). The third-order valence-electron chi connectivity index (χ3n) is 5.63. The molecule has 0 radical (unpaired) electrons. The Morgan fingerprint density at radius 1 is 1.17 bits per heavy atom. The normalized spacial score (nSPS) is 15.7. The van der Waals surface area contributed by atoms with Crippen LogP contribution in [-0.4, -0.2) is 32.1 Å². The summed E-state index contributed by atoms with van der Waals surface area (Å²) in [7, 11) is 0. The van der Waals surface area contributed by atoms with Gasteiger partial charge >= 0.3 is 0 Å². The number of hydrogen-bond donors (Lipinski definition) is 2. The van der Waals surface area contributed by atoms with Crippen LogP contribution in [0.15, 0.2) is 24.4 Å². The molecule has 2 amide bonds. The Bertz CT molecular complexity index is 851. The lowest BCUT2D eigenvalue weighted by atomic mass is 9.78. The predicted octanol–water partition coefficient (Wildman–Crippen LogP) is 3.31. The first kappa shape index (κ1) is 21.0. The summed E-state index contributed by atoms with van der Waals surface area (Å²) in [6, 6.07) is 5.81. The molecule has 1 aliphatic rings. The van der Waals surface area contributed by atoms with Crippen LogP contribution in [-0.2, 0) is 22.6 Å². The zero-order valence-electron chi connectivity index (χ0n) is 17.6. The van der Waals surface area contributed by atoms with Crippen molar-refractivity contribution in [2.45, 2.75) is 77.8 Å². The van der Waals surface area contributed by atoms with E-state index in [4.69, 9.17) is 0 Å². The summed E-state index contributed by atoms with van der Waals surface area (Å²) in [5.74, 6) is 0.459. The lowest BCUT2D eigenvalue weighted by molar-refractivity contribution is -0.124. The predicted molar refractivity (Wildman–Crippen MR) is 113 cm³/mol. The highest BCUT2D eigenvalue weighted by Crippen LogP contribution is 2.32. The first-order chi connectivity index (χ1) is 13.8. The summed E-state index contributed by atoms with van der Waals surface area (Å²) >= 11 is 0. The molecule has 7 heteroatoms. The molecule has 0 atom stereocenters. The number of nitrogens with zero attached hydrogens (tertiary/aromatic N) is 3. The summed E-state index contributed by atoms with van der Waals surface area (Å²) in [6.45, 7) is 5.64. The lowest BCUT2D eigenvalue weighted by Gasteiger charge is -2.38. The molecule has 0 aromatic carbocycles. The highest BCUT2D eigenvalue weighted by molar-refractivity contribution is 5.87. The minimum atomic E-state index is -0.165. The van der Waals surface area contributed by atoms with E-state index in [1.807, 2.05) is 32.0 Å². The van der Waals surface area contributed by atoms with Crippen LogP contribution in [0.4, 0.5) is 5.82 Å². The van der Waals surface area contributed by atoms with Gasteiger partial charge in [-0.15, -0.1) is 0 Å². The lowest BCUT2D eigenvalue weighted by Crippen LogP contribution is -2.51. The Hall–Kier alpha value is -2.70. The molecule has 0 unspecified atom stereocenters. The number of aryl methyl sites for hydroxylation is 3. The van der Waals surface area contributed by atoms with Gasteiger partial charge in [-0.1, -0.05) is 25.3 Å². The first-order valence-electron chi connectivity index (χ1n) is 10.4. The smallest absolute Gasteiger partial charge is 0.242 e. The average Bonchev–Trinajstić information content (AvgIpc) is 2.98. The van der Waals surface area contributed by atoms with Crippen LogP contribution in [0.3, 0.4) is 0 Å². The number of anilines is 1. The van der Waals surface area contributed by atoms with Crippen LogP contribution >= 0.6 is 0 Å². The number of hydrogen-bond acceptors (Lipinski definition) is 4. The zero-order valence-corrected chi connectivity index (χ0v) is 17.6. The summed E-state index contributed by atoms with van der Waals surface area (Å²) < 4.78 is 1.77. The highest BCUT2D eigenvalue weighted by atomic mass is 16.2. The molecule has 2 aromatic heterocycles. The van der Waals surface area contributed by atoms with Gasteiger partial charge in [0, 0.05) is 24.4 Å². The Morgan fingerprint density at radius 3 is 2.52 bits per heavy atom. The van der Waals surface area contributed by atoms with Gasteiger partial charge in [0.2, 0.25) is 11.8 Å². The van der Waals surface area contributed by atoms with Crippen molar-refractivity contribution in [3.8, 4) is 0 Å². The fraction of sp³-hybridized carbons (Fsp3) is 0.545.